The number of nitrogens with one attached hydrogen (secondary N) is 1. The topological polar surface area (TPSA) is 63.8 Å². The van der Waals surface area contributed by atoms with Crippen LogP contribution >= 0.6 is 11.5 Å². The number of nitrogens with two attached hydrogens (primary N) is 1. The van der Waals surface area contributed by atoms with Crippen molar-refractivity contribution in [3.05, 3.63) is 10.6 Å². The van der Waals surface area contributed by atoms with Crippen molar-refractivity contribution in [2.24, 2.45) is 17.7 Å². The van der Waals surface area contributed by atoms with E-state index in [-0.39, 0.29) is 6.04 Å². The van der Waals surface area contributed by atoms with E-state index in [1.165, 1.54) is 48.5 Å². The molecule has 0 bridgehead atoms. The first-order valence-electron chi connectivity index (χ1n) is 6.51. The van der Waals surface area contributed by atoms with E-state index in [9.17, 15) is 0 Å². The summed E-state index contributed by atoms with van der Waals surface area (Å²) < 4.78 is 4.01. The molecule has 0 aliphatic heterocycles. The minimum atomic E-state index is 0.243. The Kier molecular flexibility index (Phi) is 4.48. The summed E-state index contributed by atoms with van der Waals surface area (Å²) in [5, 5.41) is 4.08. The van der Waals surface area contributed by atoms with Crippen LogP contribution in [0.5, 0.6) is 0 Å². The summed E-state index contributed by atoms with van der Waals surface area (Å²) in [6.07, 6.45) is 6.53. The van der Waals surface area contributed by atoms with Gasteiger partial charge in [-0.1, -0.05) is 30.7 Å². The Hall–Kier alpha value is -0.520. The Labute approximate surface area is 107 Å². The Balaban J connectivity index is 2.03. The van der Waals surface area contributed by atoms with E-state index in [2.05, 4.69) is 21.9 Å². The number of rotatable bonds is 4. The van der Waals surface area contributed by atoms with Crippen molar-refractivity contribution >= 4 is 11.5 Å². The maximum Gasteiger partial charge on any atom is 0.0773 e. The lowest BCUT2D eigenvalue weighted by molar-refractivity contribution is 0.221. The van der Waals surface area contributed by atoms with Crippen molar-refractivity contribution in [3.63, 3.8) is 0 Å². The van der Waals surface area contributed by atoms with E-state index >= 15 is 0 Å². The Morgan fingerprint density at radius 1 is 1.41 bits per heavy atom. The van der Waals surface area contributed by atoms with Crippen LogP contribution in [0, 0.1) is 18.8 Å². The van der Waals surface area contributed by atoms with E-state index in [1.54, 1.807) is 0 Å². The van der Waals surface area contributed by atoms with Crippen molar-refractivity contribution in [1.82, 2.24) is 15.0 Å². The molecule has 2 rings (SSSR count). The molecule has 4 nitrogen and oxygen atoms in total. The highest BCUT2D eigenvalue weighted by molar-refractivity contribution is 7.05. The standard InChI is InChI=1S/C12H22N4S/c1-3-9-4-6-10(7-5-9)11(14-13)12-8(2)15-16-17-12/h9-11,14H,3-7,13H2,1-2H3. The molecule has 0 amide bonds. The minimum absolute atomic E-state index is 0.243. The van der Waals surface area contributed by atoms with Gasteiger partial charge in [0.2, 0.25) is 0 Å². The highest BCUT2D eigenvalue weighted by atomic mass is 32.1. The van der Waals surface area contributed by atoms with Crippen LogP contribution in [0.3, 0.4) is 0 Å². The molecule has 0 saturated heterocycles. The molecule has 1 saturated carbocycles. The van der Waals surface area contributed by atoms with Gasteiger partial charge < -0.3 is 0 Å². The van der Waals surface area contributed by atoms with Crippen molar-refractivity contribution in [2.75, 3.05) is 0 Å². The summed E-state index contributed by atoms with van der Waals surface area (Å²) in [5.41, 5.74) is 4.00. The Morgan fingerprint density at radius 2 is 2.12 bits per heavy atom. The van der Waals surface area contributed by atoms with Crippen molar-refractivity contribution < 1.29 is 0 Å². The molecule has 1 heterocycles. The molecule has 0 spiro atoms. The molecule has 1 aromatic rings. The molecule has 1 fully saturated rings. The number of aromatic nitrogens is 2. The van der Waals surface area contributed by atoms with E-state index in [0.717, 1.165) is 11.6 Å². The summed E-state index contributed by atoms with van der Waals surface area (Å²) >= 11 is 1.48. The molecule has 1 unspecified atom stereocenters. The molecule has 1 aliphatic rings. The van der Waals surface area contributed by atoms with E-state index in [4.69, 9.17) is 5.84 Å². The van der Waals surface area contributed by atoms with E-state index < -0.39 is 0 Å². The van der Waals surface area contributed by atoms with Gasteiger partial charge >= 0.3 is 0 Å². The summed E-state index contributed by atoms with van der Waals surface area (Å²) in [4.78, 5) is 1.22. The van der Waals surface area contributed by atoms with Crippen LogP contribution in [-0.2, 0) is 0 Å². The molecule has 96 valence electrons. The predicted molar refractivity (Wildman–Crippen MR) is 70.4 cm³/mol. The van der Waals surface area contributed by atoms with Gasteiger partial charge in [0.05, 0.1) is 16.6 Å². The first kappa shape index (κ1) is 12.9. The van der Waals surface area contributed by atoms with Gasteiger partial charge in [-0.05, 0) is 43.1 Å². The van der Waals surface area contributed by atoms with Gasteiger partial charge in [0.15, 0.2) is 0 Å². The Morgan fingerprint density at radius 3 is 2.59 bits per heavy atom. The van der Waals surface area contributed by atoms with Crippen molar-refractivity contribution in [3.8, 4) is 0 Å². The zero-order chi connectivity index (χ0) is 12.3. The van der Waals surface area contributed by atoms with Gasteiger partial charge in [-0.3, -0.25) is 11.3 Å². The molecule has 17 heavy (non-hydrogen) atoms. The molecule has 1 atom stereocenters. The van der Waals surface area contributed by atoms with Gasteiger partial charge in [-0.25, -0.2) is 0 Å². The smallest absolute Gasteiger partial charge is 0.0773 e. The van der Waals surface area contributed by atoms with Gasteiger partial charge in [0.1, 0.15) is 0 Å². The molecule has 5 heteroatoms. The normalized spacial score (nSPS) is 27.0. The molecule has 1 aliphatic carbocycles. The van der Waals surface area contributed by atoms with Crippen LogP contribution in [0.25, 0.3) is 0 Å². The lowest BCUT2D eigenvalue weighted by atomic mass is 9.77. The summed E-state index contributed by atoms with van der Waals surface area (Å²) in [6, 6.07) is 0.243. The third-order valence-electron chi connectivity index (χ3n) is 4.09. The summed E-state index contributed by atoms with van der Waals surface area (Å²) in [5.74, 6) is 7.30. The minimum Gasteiger partial charge on any atom is -0.271 e. The van der Waals surface area contributed by atoms with Gasteiger partial charge in [-0.2, -0.15) is 0 Å². The fourth-order valence-electron chi connectivity index (χ4n) is 2.88. The first-order chi connectivity index (χ1) is 8.26. The van der Waals surface area contributed by atoms with Gasteiger partial charge in [-0.15, -0.1) is 5.10 Å². The van der Waals surface area contributed by atoms with Crippen LogP contribution in [0.4, 0.5) is 0 Å². The monoisotopic (exact) mass is 254 g/mol. The lowest BCUT2D eigenvalue weighted by Crippen LogP contribution is -2.35. The SMILES string of the molecule is CCC1CCC(C(NN)c2snnc2C)CC1. The predicted octanol–water partition coefficient (Wildman–Crippen LogP) is 2.57. The van der Waals surface area contributed by atoms with Crippen LogP contribution in [-0.4, -0.2) is 9.59 Å². The zero-order valence-corrected chi connectivity index (χ0v) is 11.5. The first-order valence-corrected chi connectivity index (χ1v) is 7.28. The maximum atomic E-state index is 5.73. The average molecular weight is 254 g/mol. The second-order valence-electron chi connectivity index (χ2n) is 5.06. The number of nitrogens with zero attached hydrogens (tertiary/aromatic N) is 2. The molecule has 1 aromatic heterocycles. The molecule has 0 aromatic carbocycles. The largest absolute Gasteiger partial charge is 0.271 e. The zero-order valence-electron chi connectivity index (χ0n) is 10.6. The van der Waals surface area contributed by atoms with Crippen molar-refractivity contribution in [1.29, 1.82) is 0 Å². The van der Waals surface area contributed by atoms with Crippen LogP contribution in [0.15, 0.2) is 0 Å². The summed E-state index contributed by atoms with van der Waals surface area (Å²) in [6.45, 7) is 4.31. The average Bonchev–Trinajstić information content (AvgIpc) is 2.78. The third-order valence-corrected chi connectivity index (χ3v) is 5.00. The van der Waals surface area contributed by atoms with E-state index in [1.807, 2.05) is 6.92 Å². The summed E-state index contributed by atoms with van der Waals surface area (Å²) in [7, 11) is 0. The number of hydrogen-bond donors (Lipinski definition) is 2. The lowest BCUT2D eigenvalue weighted by Gasteiger charge is -2.32. The fraction of sp³-hybridized carbons (Fsp3) is 0.833. The second kappa shape index (κ2) is 5.89. The fourth-order valence-corrected chi connectivity index (χ4v) is 3.68. The quantitative estimate of drug-likeness (QED) is 0.640. The molecular formula is C12H22N4S. The van der Waals surface area contributed by atoms with E-state index in [0.29, 0.717) is 5.92 Å². The third kappa shape index (κ3) is 2.84. The van der Waals surface area contributed by atoms with Crippen LogP contribution in [0.2, 0.25) is 0 Å². The highest BCUT2D eigenvalue weighted by Gasteiger charge is 2.29. The molecular weight excluding hydrogens is 232 g/mol. The highest BCUT2D eigenvalue weighted by Crippen LogP contribution is 2.38. The van der Waals surface area contributed by atoms with Gasteiger partial charge in [0.25, 0.3) is 0 Å². The molecule has 3 N–H and O–H groups in total. The van der Waals surface area contributed by atoms with Crippen molar-refractivity contribution in [2.45, 2.75) is 52.0 Å². The van der Waals surface area contributed by atoms with Gasteiger partial charge in [0, 0.05) is 0 Å². The van der Waals surface area contributed by atoms with Crippen LogP contribution < -0.4 is 11.3 Å². The molecule has 0 radical (unpaired) electrons. The number of aryl methyl sites for hydroxylation is 1. The van der Waals surface area contributed by atoms with Crippen LogP contribution in [0.1, 0.15) is 55.6 Å². The Bertz CT molecular complexity index is 344. The second-order valence-corrected chi connectivity index (χ2v) is 5.84. The maximum absolute atomic E-state index is 5.73. The number of hydrogen-bond acceptors (Lipinski definition) is 5. The number of hydrazine groups is 1.